The van der Waals surface area contributed by atoms with Crippen molar-refractivity contribution in [1.29, 1.82) is 0 Å². The van der Waals surface area contributed by atoms with Crippen LogP contribution in [0.25, 0.3) is 38.4 Å². The molecule has 0 unspecified atom stereocenters. The molecule has 47 heavy (non-hydrogen) atoms. The lowest BCUT2D eigenvalue weighted by molar-refractivity contribution is 0.443. The fourth-order valence-corrected chi connectivity index (χ4v) is 9.53. The average molecular weight is 614 g/mol. The maximum absolute atomic E-state index is 2.52. The van der Waals surface area contributed by atoms with Crippen LogP contribution in [0.4, 0.5) is 17.1 Å². The van der Waals surface area contributed by atoms with E-state index in [1.54, 1.807) is 0 Å². The first-order valence-corrected chi connectivity index (χ1v) is 18.5. The van der Waals surface area contributed by atoms with Crippen molar-refractivity contribution in [3.8, 4) is 0 Å². The molecule has 1 nitrogen and oxygen atoms in total. The van der Waals surface area contributed by atoms with E-state index in [-0.39, 0.29) is 5.41 Å². The fourth-order valence-electron chi connectivity index (χ4n) is 9.53. The van der Waals surface area contributed by atoms with Gasteiger partial charge in [-0.3, -0.25) is 0 Å². The smallest absolute Gasteiger partial charge is 0.0474 e. The molecule has 0 saturated heterocycles. The molecule has 0 aliphatic heterocycles. The summed E-state index contributed by atoms with van der Waals surface area (Å²) < 4.78 is 0. The number of nitrogens with zero attached hydrogens (tertiary/aromatic N) is 1. The molecule has 0 bridgehead atoms. The predicted octanol–water partition coefficient (Wildman–Crippen LogP) is 12.9. The maximum atomic E-state index is 2.52. The SMILES string of the molecule is CC1(C)CC=c2c3cccc4cc(N(c5ccc(C6CCCCC6)cc5)c5ccc(C6CCCCC6)cc5)cc(c5cccc1c25)c43. The van der Waals surface area contributed by atoms with E-state index in [1.807, 2.05) is 0 Å². The Hall–Kier alpha value is -4.10. The van der Waals surface area contributed by atoms with Crippen molar-refractivity contribution in [2.75, 3.05) is 4.90 Å². The summed E-state index contributed by atoms with van der Waals surface area (Å²) in [7, 11) is 0. The van der Waals surface area contributed by atoms with Gasteiger partial charge in [-0.15, -0.1) is 0 Å². The second-order valence-electron chi connectivity index (χ2n) is 15.5. The summed E-state index contributed by atoms with van der Waals surface area (Å²) in [5.41, 5.74) is 8.35. The molecule has 9 rings (SSSR count). The summed E-state index contributed by atoms with van der Waals surface area (Å²) in [6, 6.07) is 38.1. The highest BCUT2D eigenvalue weighted by Crippen LogP contribution is 2.44. The molecule has 1 heteroatoms. The van der Waals surface area contributed by atoms with Crippen molar-refractivity contribution in [2.24, 2.45) is 0 Å². The molecule has 3 aliphatic carbocycles. The van der Waals surface area contributed by atoms with Gasteiger partial charge in [-0.05, 0) is 140 Å². The number of benzene rings is 6. The van der Waals surface area contributed by atoms with Crippen molar-refractivity contribution in [1.82, 2.24) is 0 Å². The minimum atomic E-state index is 0.129. The molecule has 0 aromatic heterocycles. The minimum Gasteiger partial charge on any atom is -0.310 e. The molecule has 236 valence electrons. The third kappa shape index (κ3) is 4.97. The van der Waals surface area contributed by atoms with E-state index in [0.717, 1.165) is 6.42 Å². The predicted molar refractivity (Wildman–Crippen MR) is 203 cm³/mol. The molecule has 2 saturated carbocycles. The molecule has 0 N–H and O–H groups in total. The van der Waals surface area contributed by atoms with Gasteiger partial charge in [-0.25, -0.2) is 0 Å². The number of anilines is 3. The normalized spacial score (nSPS) is 18.5. The molecule has 0 amide bonds. The number of hydrogen-bond acceptors (Lipinski definition) is 1. The monoisotopic (exact) mass is 613 g/mol. The van der Waals surface area contributed by atoms with E-state index >= 15 is 0 Å². The van der Waals surface area contributed by atoms with E-state index in [0.29, 0.717) is 11.8 Å². The second-order valence-corrected chi connectivity index (χ2v) is 15.5. The van der Waals surface area contributed by atoms with Crippen molar-refractivity contribution >= 4 is 55.5 Å². The van der Waals surface area contributed by atoms with Gasteiger partial charge in [0.15, 0.2) is 0 Å². The van der Waals surface area contributed by atoms with Gasteiger partial charge in [0.25, 0.3) is 0 Å². The first kappa shape index (κ1) is 29.1. The Labute approximate surface area is 280 Å². The van der Waals surface area contributed by atoms with Crippen LogP contribution in [0.15, 0.2) is 97.1 Å². The Bertz CT molecular complexity index is 2080. The van der Waals surface area contributed by atoms with Crippen LogP contribution < -0.4 is 10.1 Å². The zero-order valence-electron chi connectivity index (χ0n) is 28.2. The van der Waals surface area contributed by atoms with Gasteiger partial charge in [0.2, 0.25) is 0 Å². The van der Waals surface area contributed by atoms with Gasteiger partial charge < -0.3 is 4.90 Å². The molecule has 3 aliphatic rings. The highest BCUT2D eigenvalue weighted by atomic mass is 15.1. The van der Waals surface area contributed by atoms with Gasteiger partial charge >= 0.3 is 0 Å². The standard InChI is InChI=1S/C46H47N/c1-46(2)28-27-41-39-16-9-15-35-29-38(30-42(44(35)39)40-17-10-18-43(46)45(40)41)47(36-23-19-33(20-24-36)31-11-5-3-6-12-31)37-25-21-34(22-26-37)32-13-7-4-8-14-32/h9-10,15-27,29-32H,3-8,11-14,28H2,1-2H3. The first-order valence-electron chi connectivity index (χ1n) is 18.5. The maximum Gasteiger partial charge on any atom is 0.0474 e. The Morgan fingerprint density at radius 3 is 1.72 bits per heavy atom. The van der Waals surface area contributed by atoms with E-state index < -0.39 is 0 Å². The van der Waals surface area contributed by atoms with Crippen LogP contribution in [0.1, 0.15) is 113 Å². The van der Waals surface area contributed by atoms with E-state index in [2.05, 4.69) is 122 Å². The molecule has 6 aromatic rings. The lowest BCUT2D eigenvalue weighted by Crippen LogP contribution is -2.25. The van der Waals surface area contributed by atoms with Gasteiger partial charge in [0, 0.05) is 17.1 Å². The Morgan fingerprint density at radius 1 is 0.532 bits per heavy atom. The Kier molecular flexibility index (Phi) is 7.14. The van der Waals surface area contributed by atoms with E-state index in [4.69, 9.17) is 0 Å². The van der Waals surface area contributed by atoms with Crippen molar-refractivity contribution in [3.05, 3.63) is 119 Å². The largest absolute Gasteiger partial charge is 0.310 e. The Morgan fingerprint density at radius 2 is 1.11 bits per heavy atom. The average Bonchev–Trinajstić information content (AvgIpc) is 3.12. The van der Waals surface area contributed by atoms with Crippen LogP contribution in [0, 0.1) is 0 Å². The van der Waals surface area contributed by atoms with Crippen LogP contribution in [0.5, 0.6) is 0 Å². The second kappa shape index (κ2) is 11.6. The lowest BCUT2D eigenvalue weighted by Gasteiger charge is -2.31. The van der Waals surface area contributed by atoms with Crippen molar-refractivity contribution < 1.29 is 0 Å². The lowest BCUT2D eigenvalue weighted by atomic mass is 9.74. The number of hydrogen-bond donors (Lipinski definition) is 0. The van der Waals surface area contributed by atoms with Crippen molar-refractivity contribution in [2.45, 2.75) is 102 Å². The van der Waals surface area contributed by atoms with Crippen LogP contribution >= 0.6 is 0 Å². The quantitative estimate of drug-likeness (QED) is 0.138. The zero-order valence-corrected chi connectivity index (χ0v) is 28.2. The molecule has 2 fully saturated rings. The van der Waals surface area contributed by atoms with Gasteiger partial charge in [0.05, 0.1) is 0 Å². The third-order valence-corrected chi connectivity index (χ3v) is 12.1. The van der Waals surface area contributed by atoms with Gasteiger partial charge in [-0.2, -0.15) is 0 Å². The third-order valence-electron chi connectivity index (χ3n) is 12.1. The summed E-state index contributed by atoms with van der Waals surface area (Å²) in [4.78, 5) is 2.52. The van der Waals surface area contributed by atoms with Crippen LogP contribution in [-0.2, 0) is 5.41 Å². The van der Waals surface area contributed by atoms with Crippen LogP contribution in [-0.4, -0.2) is 0 Å². The first-order chi connectivity index (χ1) is 23.0. The van der Waals surface area contributed by atoms with Crippen molar-refractivity contribution in [3.63, 3.8) is 0 Å². The summed E-state index contributed by atoms with van der Waals surface area (Å²) >= 11 is 0. The van der Waals surface area contributed by atoms with Gasteiger partial charge in [0.1, 0.15) is 0 Å². The summed E-state index contributed by atoms with van der Waals surface area (Å²) in [5, 5.41) is 9.72. The molecular weight excluding hydrogens is 567 g/mol. The summed E-state index contributed by atoms with van der Waals surface area (Å²) in [5.74, 6) is 1.42. The molecule has 0 heterocycles. The molecular formula is C46H47N. The summed E-state index contributed by atoms with van der Waals surface area (Å²) in [6.45, 7) is 4.80. The molecule has 6 aromatic carbocycles. The highest BCUT2D eigenvalue weighted by molar-refractivity contribution is 6.23. The fraction of sp³-hybridized carbons (Fsp3) is 0.348. The van der Waals surface area contributed by atoms with E-state index in [1.165, 1.54) is 135 Å². The highest BCUT2D eigenvalue weighted by Gasteiger charge is 2.27. The molecule has 0 spiro atoms. The number of fused-ring (bicyclic) bond motifs is 2. The van der Waals surface area contributed by atoms with E-state index in [9.17, 15) is 0 Å². The minimum absolute atomic E-state index is 0.129. The number of rotatable bonds is 5. The van der Waals surface area contributed by atoms with Gasteiger partial charge in [-0.1, -0.05) is 119 Å². The van der Waals surface area contributed by atoms with Crippen LogP contribution in [0.3, 0.4) is 0 Å². The zero-order chi connectivity index (χ0) is 31.5. The molecule has 0 atom stereocenters. The topological polar surface area (TPSA) is 3.24 Å². The molecule has 0 radical (unpaired) electrons. The summed E-state index contributed by atoms with van der Waals surface area (Å²) in [6.07, 6.45) is 17.2. The Balaban J connectivity index is 1.24. The van der Waals surface area contributed by atoms with Crippen LogP contribution in [0.2, 0.25) is 0 Å².